The molecule has 0 bridgehead atoms. The quantitative estimate of drug-likeness (QED) is 0.803. The number of aromatic nitrogens is 2. The Morgan fingerprint density at radius 1 is 1.27 bits per heavy atom. The van der Waals surface area contributed by atoms with E-state index in [2.05, 4.69) is 39.1 Å². The van der Waals surface area contributed by atoms with Crippen LogP contribution < -0.4 is 11.1 Å². The highest BCUT2D eigenvalue weighted by molar-refractivity contribution is 9.10. The SMILES string of the molecule is CN.CNC1CCCCC1.Cn1ncc2c(F)c(Br)ccc21. The zero-order valence-electron chi connectivity index (χ0n) is 13.6. The van der Waals surface area contributed by atoms with Crippen LogP contribution in [0.15, 0.2) is 22.8 Å². The van der Waals surface area contributed by atoms with Crippen LogP contribution >= 0.6 is 15.9 Å². The molecule has 1 heterocycles. The largest absolute Gasteiger partial charge is 0.333 e. The average molecular weight is 373 g/mol. The third kappa shape index (κ3) is 5.04. The molecular weight excluding hydrogens is 347 g/mol. The molecule has 0 radical (unpaired) electrons. The molecule has 0 aliphatic heterocycles. The fourth-order valence-electron chi connectivity index (χ4n) is 2.56. The van der Waals surface area contributed by atoms with E-state index < -0.39 is 0 Å². The predicted molar refractivity (Wildman–Crippen MR) is 94.4 cm³/mol. The first kappa shape index (κ1) is 19.1. The van der Waals surface area contributed by atoms with E-state index in [4.69, 9.17) is 0 Å². The van der Waals surface area contributed by atoms with Crippen molar-refractivity contribution < 1.29 is 4.39 Å². The van der Waals surface area contributed by atoms with E-state index in [0.717, 1.165) is 11.6 Å². The van der Waals surface area contributed by atoms with Gasteiger partial charge in [-0.15, -0.1) is 0 Å². The van der Waals surface area contributed by atoms with Crippen LogP contribution in [0.4, 0.5) is 4.39 Å². The van der Waals surface area contributed by atoms with Gasteiger partial charge in [-0.25, -0.2) is 4.39 Å². The molecule has 1 fully saturated rings. The van der Waals surface area contributed by atoms with Gasteiger partial charge in [-0.2, -0.15) is 5.10 Å². The Kier molecular flexibility index (Phi) is 8.60. The van der Waals surface area contributed by atoms with Crippen molar-refractivity contribution in [2.75, 3.05) is 14.1 Å². The van der Waals surface area contributed by atoms with Gasteiger partial charge >= 0.3 is 0 Å². The lowest BCUT2D eigenvalue weighted by Crippen LogP contribution is -2.26. The minimum absolute atomic E-state index is 0.249. The van der Waals surface area contributed by atoms with Crippen LogP contribution in [0, 0.1) is 5.82 Å². The Labute approximate surface area is 140 Å². The van der Waals surface area contributed by atoms with Crippen LogP contribution in [0.2, 0.25) is 0 Å². The van der Waals surface area contributed by atoms with Gasteiger partial charge in [0.05, 0.1) is 21.6 Å². The maximum Gasteiger partial charge on any atom is 0.148 e. The molecule has 4 nitrogen and oxygen atoms in total. The molecule has 1 saturated carbocycles. The summed E-state index contributed by atoms with van der Waals surface area (Å²) in [7, 11) is 5.35. The van der Waals surface area contributed by atoms with E-state index in [0.29, 0.717) is 9.86 Å². The highest BCUT2D eigenvalue weighted by Gasteiger charge is 2.09. The zero-order valence-corrected chi connectivity index (χ0v) is 15.2. The topological polar surface area (TPSA) is 55.9 Å². The number of halogens is 2. The van der Waals surface area contributed by atoms with Gasteiger partial charge in [-0.3, -0.25) is 4.68 Å². The molecule has 3 N–H and O–H groups in total. The summed E-state index contributed by atoms with van der Waals surface area (Å²) >= 11 is 3.11. The van der Waals surface area contributed by atoms with Crippen molar-refractivity contribution in [1.29, 1.82) is 0 Å². The van der Waals surface area contributed by atoms with Crippen LogP contribution in [-0.4, -0.2) is 29.9 Å². The second-order valence-corrected chi connectivity index (χ2v) is 6.04. The predicted octanol–water partition coefficient (Wildman–Crippen LogP) is 3.59. The minimum Gasteiger partial charge on any atom is -0.333 e. The Bertz CT molecular complexity index is 565. The third-order valence-corrected chi connectivity index (χ3v) is 4.44. The van der Waals surface area contributed by atoms with Gasteiger partial charge in [0.15, 0.2) is 0 Å². The maximum atomic E-state index is 13.3. The highest BCUT2D eigenvalue weighted by Crippen LogP contribution is 2.23. The summed E-state index contributed by atoms with van der Waals surface area (Å²) in [4.78, 5) is 0. The van der Waals surface area contributed by atoms with Crippen LogP contribution in [0.3, 0.4) is 0 Å². The molecule has 1 aliphatic carbocycles. The molecule has 6 heteroatoms. The number of nitrogens with zero attached hydrogens (tertiary/aromatic N) is 2. The van der Waals surface area contributed by atoms with Crippen molar-refractivity contribution in [2.45, 2.75) is 38.1 Å². The Morgan fingerprint density at radius 2 is 1.91 bits per heavy atom. The van der Waals surface area contributed by atoms with Crippen LogP contribution in [0.1, 0.15) is 32.1 Å². The Morgan fingerprint density at radius 3 is 2.45 bits per heavy atom. The first-order chi connectivity index (χ1) is 10.6. The normalized spacial score (nSPS) is 14.8. The molecular formula is C16H26BrFN4. The molecule has 124 valence electrons. The summed E-state index contributed by atoms with van der Waals surface area (Å²) in [6.07, 6.45) is 8.65. The van der Waals surface area contributed by atoms with Gasteiger partial charge in [-0.1, -0.05) is 19.3 Å². The number of benzene rings is 1. The lowest BCUT2D eigenvalue weighted by atomic mass is 9.96. The minimum atomic E-state index is -0.249. The first-order valence-corrected chi connectivity index (χ1v) is 8.43. The van der Waals surface area contributed by atoms with Crippen LogP contribution in [-0.2, 0) is 7.05 Å². The Balaban J connectivity index is 0.000000211. The van der Waals surface area contributed by atoms with Crippen molar-refractivity contribution in [2.24, 2.45) is 12.8 Å². The second kappa shape index (κ2) is 9.92. The molecule has 0 spiro atoms. The van der Waals surface area contributed by atoms with E-state index in [1.54, 1.807) is 17.8 Å². The molecule has 1 aliphatic rings. The fourth-order valence-corrected chi connectivity index (χ4v) is 2.90. The van der Waals surface area contributed by atoms with Gasteiger partial charge in [-0.05, 0) is 55.0 Å². The molecule has 0 saturated heterocycles. The third-order valence-electron chi connectivity index (χ3n) is 3.83. The first-order valence-electron chi connectivity index (χ1n) is 7.64. The summed E-state index contributed by atoms with van der Waals surface area (Å²) < 4.78 is 15.4. The summed E-state index contributed by atoms with van der Waals surface area (Å²) in [5.74, 6) is -0.249. The summed E-state index contributed by atoms with van der Waals surface area (Å²) in [5.41, 5.74) is 5.30. The number of fused-ring (bicyclic) bond motifs is 1. The van der Waals surface area contributed by atoms with Crippen LogP contribution in [0.5, 0.6) is 0 Å². The van der Waals surface area contributed by atoms with Crippen molar-refractivity contribution in [3.8, 4) is 0 Å². The monoisotopic (exact) mass is 372 g/mol. The number of nitrogens with two attached hydrogens (primary N) is 1. The standard InChI is InChI=1S/C8H6BrFN2.C7H15N.CH5N/c1-12-7-3-2-6(9)8(10)5(7)4-11-12;1-8-7-5-3-2-4-6-7;1-2/h2-4H,1H3;7-8H,2-6H2,1H3;2H2,1H3. The van der Waals surface area contributed by atoms with E-state index in [1.165, 1.54) is 45.3 Å². The number of nitrogens with one attached hydrogen (secondary N) is 1. The van der Waals surface area contributed by atoms with E-state index in [-0.39, 0.29) is 5.82 Å². The summed E-state index contributed by atoms with van der Waals surface area (Å²) in [5, 5.41) is 7.81. The van der Waals surface area contributed by atoms with E-state index in [9.17, 15) is 4.39 Å². The maximum absolute atomic E-state index is 13.3. The summed E-state index contributed by atoms with van der Waals surface area (Å²) in [6.45, 7) is 0. The lowest BCUT2D eigenvalue weighted by Gasteiger charge is -2.20. The second-order valence-electron chi connectivity index (χ2n) is 5.19. The average Bonchev–Trinajstić information content (AvgIpc) is 2.96. The molecule has 22 heavy (non-hydrogen) atoms. The zero-order chi connectivity index (χ0) is 16.5. The van der Waals surface area contributed by atoms with Crippen molar-refractivity contribution in [1.82, 2.24) is 15.1 Å². The van der Waals surface area contributed by atoms with Crippen molar-refractivity contribution in [3.05, 3.63) is 28.6 Å². The highest BCUT2D eigenvalue weighted by atomic mass is 79.9. The van der Waals surface area contributed by atoms with Gasteiger partial charge in [0, 0.05) is 13.1 Å². The van der Waals surface area contributed by atoms with Crippen LogP contribution in [0.25, 0.3) is 10.9 Å². The molecule has 1 aromatic carbocycles. The number of hydrogen-bond acceptors (Lipinski definition) is 3. The molecule has 0 amide bonds. The molecule has 0 unspecified atom stereocenters. The molecule has 3 rings (SSSR count). The van der Waals surface area contributed by atoms with Crippen molar-refractivity contribution in [3.63, 3.8) is 0 Å². The number of hydrogen-bond donors (Lipinski definition) is 2. The van der Waals surface area contributed by atoms with Gasteiger partial charge < -0.3 is 11.1 Å². The number of aryl methyl sites for hydroxylation is 1. The Hall–Kier alpha value is -0.980. The van der Waals surface area contributed by atoms with Gasteiger partial charge in [0.1, 0.15) is 5.82 Å². The molecule has 1 aromatic heterocycles. The van der Waals surface area contributed by atoms with Crippen molar-refractivity contribution >= 4 is 26.8 Å². The fraction of sp³-hybridized carbons (Fsp3) is 0.562. The van der Waals surface area contributed by atoms with Gasteiger partial charge in [0.2, 0.25) is 0 Å². The lowest BCUT2D eigenvalue weighted by molar-refractivity contribution is 0.394. The van der Waals surface area contributed by atoms with E-state index >= 15 is 0 Å². The smallest absolute Gasteiger partial charge is 0.148 e. The molecule has 0 atom stereocenters. The number of rotatable bonds is 1. The molecule has 2 aromatic rings. The summed E-state index contributed by atoms with van der Waals surface area (Å²) in [6, 6.07) is 4.35. The van der Waals surface area contributed by atoms with E-state index in [1.807, 2.05) is 6.07 Å². The van der Waals surface area contributed by atoms with Gasteiger partial charge in [0.25, 0.3) is 0 Å².